The molecule has 3 rings (SSSR count). The molecule has 10 heteroatoms. The Bertz CT molecular complexity index is 1020. The van der Waals surface area contributed by atoms with Crippen molar-refractivity contribution >= 4 is 27.3 Å². The van der Waals surface area contributed by atoms with Crippen LogP contribution in [0.2, 0.25) is 0 Å². The van der Waals surface area contributed by atoms with E-state index < -0.39 is 20.9 Å². The Morgan fingerprint density at radius 2 is 1.86 bits per heavy atom. The Labute approximate surface area is 162 Å². The van der Waals surface area contributed by atoms with Gasteiger partial charge < -0.3 is 10.1 Å². The largest absolute Gasteiger partial charge is 0.496 e. The maximum Gasteiger partial charge on any atom is 0.296 e. The third kappa shape index (κ3) is 3.97. The zero-order valence-electron chi connectivity index (χ0n) is 15.3. The Kier molecular flexibility index (Phi) is 5.34. The molecule has 148 valence electrons. The number of methoxy groups -OCH3 is 1. The summed E-state index contributed by atoms with van der Waals surface area (Å²) in [6.07, 6.45) is 1.69. The number of carbonyl (C=O) groups is 1. The first-order chi connectivity index (χ1) is 13.2. The summed E-state index contributed by atoms with van der Waals surface area (Å²) in [6, 6.07) is 9.56. The number of rotatable bonds is 7. The van der Waals surface area contributed by atoms with Gasteiger partial charge >= 0.3 is 0 Å². The van der Waals surface area contributed by atoms with Gasteiger partial charge in [0.1, 0.15) is 11.4 Å². The highest BCUT2D eigenvalue weighted by molar-refractivity contribution is 7.89. The van der Waals surface area contributed by atoms with Crippen LogP contribution >= 0.6 is 0 Å². The number of ether oxygens (including phenoxy) is 1. The molecule has 0 spiro atoms. The average Bonchev–Trinajstić information content (AvgIpc) is 3.52. The average molecular weight is 405 g/mol. The molecule has 0 unspecified atom stereocenters. The number of anilines is 1. The molecule has 1 amide bonds. The van der Waals surface area contributed by atoms with Crippen LogP contribution in [0, 0.1) is 10.1 Å². The molecule has 1 fully saturated rings. The van der Waals surface area contributed by atoms with E-state index in [9.17, 15) is 23.3 Å². The van der Waals surface area contributed by atoms with Crippen LogP contribution in [0.25, 0.3) is 0 Å². The summed E-state index contributed by atoms with van der Waals surface area (Å²) in [7, 11) is -0.684. The molecule has 0 bridgehead atoms. The monoisotopic (exact) mass is 405 g/mol. The third-order valence-corrected chi connectivity index (χ3v) is 6.43. The molecule has 0 heterocycles. The van der Waals surface area contributed by atoms with Crippen molar-refractivity contribution in [3.05, 3.63) is 58.1 Å². The van der Waals surface area contributed by atoms with E-state index in [0.717, 1.165) is 12.8 Å². The van der Waals surface area contributed by atoms with Crippen LogP contribution in [-0.2, 0) is 10.0 Å². The fraction of sp³-hybridized carbons (Fsp3) is 0.278. The summed E-state index contributed by atoms with van der Waals surface area (Å²) in [4.78, 5) is 23.1. The minimum absolute atomic E-state index is 0.0148. The van der Waals surface area contributed by atoms with Crippen LogP contribution in [0.4, 0.5) is 11.4 Å². The lowest BCUT2D eigenvalue weighted by atomic mass is 10.2. The highest BCUT2D eigenvalue weighted by Crippen LogP contribution is 2.31. The molecule has 9 nitrogen and oxygen atoms in total. The van der Waals surface area contributed by atoms with E-state index in [2.05, 4.69) is 5.32 Å². The Morgan fingerprint density at radius 1 is 1.21 bits per heavy atom. The quantitative estimate of drug-likeness (QED) is 0.559. The van der Waals surface area contributed by atoms with Crippen LogP contribution in [0.15, 0.2) is 47.4 Å². The van der Waals surface area contributed by atoms with Gasteiger partial charge in [-0.15, -0.1) is 0 Å². The van der Waals surface area contributed by atoms with E-state index >= 15 is 0 Å². The molecule has 0 aromatic heterocycles. The van der Waals surface area contributed by atoms with E-state index in [4.69, 9.17) is 4.74 Å². The molecule has 0 radical (unpaired) electrons. The summed E-state index contributed by atoms with van der Waals surface area (Å²) in [5, 5.41) is 13.7. The van der Waals surface area contributed by atoms with Crippen molar-refractivity contribution in [3.8, 4) is 5.75 Å². The van der Waals surface area contributed by atoms with Gasteiger partial charge in [0.05, 0.1) is 23.0 Å². The van der Waals surface area contributed by atoms with Gasteiger partial charge in [0.25, 0.3) is 11.6 Å². The van der Waals surface area contributed by atoms with Crippen molar-refractivity contribution in [2.24, 2.45) is 0 Å². The molecule has 28 heavy (non-hydrogen) atoms. The fourth-order valence-electron chi connectivity index (χ4n) is 2.67. The standard InChI is InChI=1S/C18H19N3O6S/c1-20(13-5-6-13)28(25,26)15-8-3-12(4-9-15)18(22)19-16-10-7-14(27-2)11-17(16)21(23)24/h3-4,7-11,13H,5-6H2,1-2H3,(H,19,22). The lowest BCUT2D eigenvalue weighted by molar-refractivity contribution is -0.384. The molecule has 1 aliphatic rings. The number of sulfonamides is 1. The van der Waals surface area contributed by atoms with Crippen molar-refractivity contribution in [2.75, 3.05) is 19.5 Å². The number of nitro benzene ring substituents is 1. The van der Waals surface area contributed by atoms with Gasteiger partial charge in [-0.2, -0.15) is 4.31 Å². The molecule has 0 saturated heterocycles. The minimum Gasteiger partial charge on any atom is -0.496 e. The summed E-state index contributed by atoms with van der Waals surface area (Å²) < 4.78 is 31.3. The van der Waals surface area contributed by atoms with Gasteiger partial charge in [-0.05, 0) is 49.2 Å². The van der Waals surface area contributed by atoms with Crippen LogP contribution in [0.3, 0.4) is 0 Å². The second-order valence-corrected chi connectivity index (χ2v) is 8.37. The first kappa shape index (κ1) is 19.8. The van der Waals surface area contributed by atoms with E-state index in [1.165, 1.54) is 60.9 Å². The topological polar surface area (TPSA) is 119 Å². The summed E-state index contributed by atoms with van der Waals surface area (Å²) in [5.41, 5.74) is -0.114. The molecule has 0 atom stereocenters. The molecular formula is C18H19N3O6S. The zero-order valence-corrected chi connectivity index (χ0v) is 16.1. The number of amides is 1. The smallest absolute Gasteiger partial charge is 0.296 e. The molecule has 1 aliphatic carbocycles. The summed E-state index contributed by atoms with van der Waals surface area (Å²) in [5.74, 6) is -0.299. The van der Waals surface area contributed by atoms with Gasteiger partial charge in [0.2, 0.25) is 10.0 Å². The molecule has 1 N–H and O–H groups in total. The number of benzene rings is 2. The van der Waals surface area contributed by atoms with Crippen molar-refractivity contribution in [1.82, 2.24) is 4.31 Å². The number of carbonyl (C=O) groups excluding carboxylic acids is 1. The molecule has 2 aromatic rings. The highest BCUT2D eigenvalue weighted by atomic mass is 32.2. The van der Waals surface area contributed by atoms with Gasteiger partial charge in [-0.25, -0.2) is 8.42 Å². The van der Waals surface area contributed by atoms with E-state index in [1.54, 1.807) is 0 Å². The van der Waals surface area contributed by atoms with Crippen LogP contribution in [-0.4, -0.2) is 43.8 Å². The molecule has 1 saturated carbocycles. The van der Waals surface area contributed by atoms with Crippen LogP contribution < -0.4 is 10.1 Å². The Morgan fingerprint density at radius 3 is 2.39 bits per heavy atom. The zero-order chi connectivity index (χ0) is 20.5. The molecule has 0 aliphatic heterocycles. The number of nitro groups is 1. The molecular weight excluding hydrogens is 386 g/mol. The first-order valence-corrected chi connectivity index (χ1v) is 9.90. The van der Waals surface area contributed by atoms with Gasteiger partial charge in [-0.1, -0.05) is 0 Å². The third-order valence-electron chi connectivity index (χ3n) is 4.50. The van der Waals surface area contributed by atoms with Gasteiger partial charge in [0, 0.05) is 18.7 Å². The second kappa shape index (κ2) is 7.56. The Balaban J connectivity index is 1.80. The summed E-state index contributed by atoms with van der Waals surface area (Å²) in [6.45, 7) is 0. The lowest BCUT2D eigenvalue weighted by Crippen LogP contribution is -2.29. The van der Waals surface area contributed by atoms with Crippen LogP contribution in [0.1, 0.15) is 23.2 Å². The lowest BCUT2D eigenvalue weighted by Gasteiger charge is -2.16. The Hall–Kier alpha value is -2.98. The SMILES string of the molecule is COc1ccc(NC(=O)c2ccc(S(=O)(=O)N(C)C3CC3)cc2)c([N+](=O)[O-])c1. The van der Waals surface area contributed by atoms with E-state index in [0.29, 0.717) is 5.75 Å². The first-order valence-electron chi connectivity index (χ1n) is 8.46. The summed E-state index contributed by atoms with van der Waals surface area (Å²) >= 11 is 0. The fourth-order valence-corrected chi connectivity index (χ4v) is 4.08. The molecule has 2 aromatic carbocycles. The van der Waals surface area contributed by atoms with Gasteiger partial charge in [0.15, 0.2) is 0 Å². The predicted molar refractivity (Wildman–Crippen MR) is 102 cm³/mol. The van der Waals surface area contributed by atoms with Crippen molar-refractivity contribution in [2.45, 2.75) is 23.8 Å². The van der Waals surface area contributed by atoms with E-state index in [1.807, 2.05) is 0 Å². The normalized spacial score (nSPS) is 14.0. The minimum atomic E-state index is -3.60. The van der Waals surface area contributed by atoms with E-state index in [-0.39, 0.29) is 27.9 Å². The number of hydrogen-bond acceptors (Lipinski definition) is 6. The number of nitrogens with zero attached hydrogens (tertiary/aromatic N) is 2. The predicted octanol–water partition coefficient (Wildman–Crippen LogP) is 2.64. The highest BCUT2D eigenvalue weighted by Gasteiger charge is 2.35. The number of nitrogens with one attached hydrogen (secondary N) is 1. The van der Waals surface area contributed by atoms with Crippen molar-refractivity contribution in [1.29, 1.82) is 0 Å². The van der Waals surface area contributed by atoms with Gasteiger partial charge in [-0.3, -0.25) is 14.9 Å². The number of hydrogen-bond donors (Lipinski definition) is 1. The maximum absolute atomic E-state index is 12.5. The van der Waals surface area contributed by atoms with Crippen LogP contribution in [0.5, 0.6) is 5.75 Å². The maximum atomic E-state index is 12.5. The van der Waals surface area contributed by atoms with Crippen molar-refractivity contribution < 1.29 is 22.9 Å². The van der Waals surface area contributed by atoms with Crippen molar-refractivity contribution in [3.63, 3.8) is 0 Å². The second-order valence-electron chi connectivity index (χ2n) is 6.37.